The van der Waals surface area contributed by atoms with Crippen LogP contribution < -0.4 is 5.32 Å². The average Bonchev–Trinajstić information content (AvgIpc) is 2.79. The number of hydrogen-bond acceptors (Lipinski definition) is 5. The topological polar surface area (TPSA) is 74.7 Å². The van der Waals surface area contributed by atoms with E-state index in [4.69, 9.17) is 5.26 Å². The SMILES string of the molecule is N#Cc1c(Br)cccc1NCc1ncon1. The molecule has 0 atom stereocenters. The highest BCUT2D eigenvalue weighted by Crippen LogP contribution is 2.23. The smallest absolute Gasteiger partial charge is 0.213 e. The molecule has 0 aliphatic rings. The molecule has 0 radical (unpaired) electrons. The van der Waals surface area contributed by atoms with E-state index in [-0.39, 0.29) is 0 Å². The summed E-state index contributed by atoms with van der Waals surface area (Å²) >= 11 is 3.31. The van der Waals surface area contributed by atoms with Crippen LogP contribution >= 0.6 is 15.9 Å². The Morgan fingerprint density at radius 1 is 1.50 bits per heavy atom. The first-order chi connectivity index (χ1) is 7.81. The second kappa shape index (κ2) is 4.77. The summed E-state index contributed by atoms with van der Waals surface area (Å²) in [6, 6.07) is 7.61. The third-order valence-corrected chi connectivity index (χ3v) is 2.63. The first-order valence-electron chi connectivity index (χ1n) is 4.49. The van der Waals surface area contributed by atoms with Gasteiger partial charge in [-0.3, -0.25) is 0 Å². The largest absolute Gasteiger partial charge is 0.377 e. The number of anilines is 1. The minimum absolute atomic E-state index is 0.418. The van der Waals surface area contributed by atoms with Crippen LogP contribution in [0.2, 0.25) is 0 Å². The van der Waals surface area contributed by atoms with E-state index in [0.717, 1.165) is 10.2 Å². The molecule has 0 fully saturated rings. The van der Waals surface area contributed by atoms with Gasteiger partial charge in [0.15, 0.2) is 5.82 Å². The molecule has 0 bridgehead atoms. The monoisotopic (exact) mass is 278 g/mol. The Hall–Kier alpha value is -1.87. The number of benzene rings is 1. The van der Waals surface area contributed by atoms with E-state index in [9.17, 15) is 0 Å². The van der Waals surface area contributed by atoms with Crippen LogP contribution in [0, 0.1) is 11.3 Å². The lowest BCUT2D eigenvalue weighted by atomic mass is 10.2. The van der Waals surface area contributed by atoms with Crippen LogP contribution in [0.1, 0.15) is 11.4 Å². The first-order valence-corrected chi connectivity index (χ1v) is 5.28. The Bertz CT molecular complexity index is 518. The Kier molecular flexibility index (Phi) is 3.17. The van der Waals surface area contributed by atoms with Crippen LogP contribution in [0.15, 0.2) is 33.6 Å². The van der Waals surface area contributed by atoms with Crippen molar-refractivity contribution in [1.29, 1.82) is 5.26 Å². The molecule has 0 amide bonds. The summed E-state index contributed by atoms with van der Waals surface area (Å²) in [5.41, 5.74) is 1.30. The maximum Gasteiger partial charge on any atom is 0.213 e. The van der Waals surface area contributed by atoms with E-state index in [1.165, 1.54) is 6.39 Å². The molecule has 1 aromatic carbocycles. The van der Waals surface area contributed by atoms with Crippen molar-refractivity contribution in [3.05, 3.63) is 40.5 Å². The van der Waals surface area contributed by atoms with Crippen molar-refractivity contribution in [1.82, 2.24) is 10.1 Å². The summed E-state index contributed by atoms with van der Waals surface area (Å²) in [6.07, 6.45) is 1.27. The molecule has 2 rings (SSSR count). The van der Waals surface area contributed by atoms with E-state index in [1.807, 2.05) is 18.2 Å². The molecule has 0 saturated heterocycles. The van der Waals surface area contributed by atoms with Crippen LogP contribution in [0.4, 0.5) is 5.69 Å². The predicted molar refractivity (Wildman–Crippen MR) is 60.5 cm³/mol. The second-order valence-electron chi connectivity index (χ2n) is 2.98. The fourth-order valence-electron chi connectivity index (χ4n) is 1.23. The lowest BCUT2D eigenvalue weighted by Gasteiger charge is -2.06. The number of nitriles is 1. The lowest BCUT2D eigenvalue weighted by Crippen LogP contribution is -2.02. The summed E-state index contributed by atoms with van der Waals surface area (Å²) in [5.74, 6) is 0.545. The molecule has 0 saturated carbocycles. The summed E-state index contributed by atoms with van der Waals surface area (Å²) in [6.45, 7) is 0.418. The van der Waals surface area contributed by atoms with E-state index in [0.29, 0.717) is 17.9 Å². The lowest BCUT2D eigenvalue weighted by molar-refractivity contribution is 0.411. The van der Waals surface area contributed by atoms with Gasteiger partial charge in [0, 0.05) is 4.47 Å². The molecule has 0 spiro atoms. The standard InChI is InChI=1S/C10H7BrN4O/c11-8-2-1-3-9(7(8)4-12)13-5-10-14-6-16-15-10/h1-3,6,13H,5H2. The highest BCUT2D eigenvalue weighted by molar-refractivity contribution is 9.10. The maximum absolute atomic E-state index is 8.99. The Morgan fingerprint density at radius 2 is 2.38 bits per heavy atom. The van der Waals surface area contributed by atoms with Gasteiger partial charge in [-0.2, -0.15) is 10.2 Å². The predicted octanol–water partition coefficient (Wildman–Crippen LogP) is 2.32. The Labute approximate surface area is 100 Å². The molecular formula is C10H7BrN4O. The van der Waals surface area contributed by atoms with Gasteiger partial charge in [0.05, 0.1) is 17.8 Å². The van der Waals surface area contributed by atoms with Gasteiger partial charge in [-0.25, -0.2) is 0 Å². The van der Waals surface area contributed by atoms with Gasteiger partial charge in [0.1, 0.15) is 6.07 Å². The van der Waals surface area contributed by atoms with Crippen LogP contribution in [-0.2, 0) is 6.54 Å². The Balaban J connectivity index is 2.16. The van der Waals surface area contributed by atoms with Crippen molar-refractivity contribution >= 4 is 21.6 Å². The molecule has 0 aliphatic heterocycles. The van der Waals surface area contributed by atoms with Gasteiger partial charge in [-0.15, -0.1) is 0 Å². The number of aromatic nitrogens is 2. The van der Waals surface area contributed by atoms with Gasteiger partial charge >= 0.3 is 0 Å². The zero-order valence-electron chi connectivity index (χ0n) is 8.14. The number of hydrogen-bond donors (Lipinski definition) is 1. The normalized spacial score (nSPS) is 9.75. The third-order valence-electron chi connectivity index (χ3n) is 1.97. The molecule has 16 heavy (non-hydrogen) atoms. The molecule has 1 N–H and O–H groups in total. The van der Waals surface area contributed by atoms with E-state index in [1.54, 1.807) is 0 Å². The molecule has 80 valence electrons. The van der Waals surface area contributed by atoms with Gasteiger partial charge < -0.3 is 9.84 Å². The minimum Gasteiger partial charge on any atom is -0.377 e. The summed E-state index contributed by atoms with van der Waals surface area (Å²) in [7, 11) is 0. The van der Waals surface area contributed by atoms with Crippen molar-refractivity contribution in [2.24, 2.45) is 0 Å². The van der Waals surface area contributed by atoms with Crippen LogP contribution in [0.5, 0.6) is 0 Å². The van der Waals surface area contributed by atoms with Gasteiger partial charge in [-0.1, -0.05) is 11.2 Å². The van der Waals surface area contributed by atoms with E-state index < -0.39 is 0 Å². The number of rotatable bonds is 3. The highest BCUT2D eigenvalue weighted by Gasteiger charge is 2.06. The van der Waals surface area contributed by atoms with Gasteiger partial charge in [0.25, 0.3) is 0 Å². The zero-order chi connectivity index (χ0) is 11.4. The molecule has 0 aliphatic carbocycles. The van der Waals surface area contributed by atoms with Crippen LogP contribution in [0.3, 0.4) is 0 Å². The van der Waals surface area contributed by atoms with Crippen LogP contribution in [-0.4, -0.2) is 10.1 Å². The number of nitrogens with one attached hydrogen (secondary N) is 1. The summed E-state index contributed by atoms with van der Waals surface area (Å²) in [4.78, 5) is 3.87. The average molecular weight is 279 g/mol. The molecular weight excluding hydrogens is 272 g/mol. The van der Waals surface area contributed by atoms with E-state index in [2.05, 4.69) is 42.0 Å². The van der Waals surface area contributed by atoms with Crippen molar-refractivity contribution in [3.63, 3.8) is 0 Å². The number of halogens is 1. The second-order valence-corrected chi connectivity index (χ2v) is 3.83. The molecule has 2 aromatic rings. The first kappa shape index (κ1) is 10.6. The van der Waals surface area contributed by atoms with Crippen LogP contribution in [0.25, 0.3) is 0 Å². The van der Waals surface area contributed by atoms with Gasteiger partial charge in [0.2, 0.25) is 6.39 Å². The Morgan fingerprint density at radius 3 is 3.06 bits per heavy atom. The van der Waals surface area contributed by atoms with Crippen molar-refractivity contribution < 1.29 is 4.52 Å². The number of nitrogens with zero attached hydrogens (tertiary/aromatic N) is 3. The summed E-state index contributed by atoms with van der Waals surface area (Å²) in [5, 5.41) is 15.7. The van der Waals surface area contributed by atoms with Gasteiger partial charge in [-0.05, 0) is 28.1 Å². The minimum atomic E-state index is 0.418. The van der Waals surface area contributed by atoms with E-state index >= 15 is 0 Å². The highest BCUT2D eigenvalue weighted by atomic mass is 79.9. The quantitative estimate of drug-likeness (QED) is 0.933. The fourth-order valence-corrected chi connectivity index (χ4v) is 1.68. The summed E-state index contributed by atoms with van der Waals surface area (Å²) < 4.78 is 5.37. The molecule has 6 heteroatoms. The molecule has 0 unspecified atom stereocenters. The van der Waals surface area contributed by atoms with Crippen molar-refractivity contribution in [3.8, 4) is 6.07 Å². The zero-order valence-corrected chi connectivity index (χ0v) is 9.73. The molecule has 1 aromatic heterocycles. The van der Waals surface area contributed by atoms with Crippen molar-refractivity contribution in [2.45, 2.75) is 6.54 Å². The molecule has 5 nitrogen and oxygen atoms in total. The maximum atomic E-state index is 8.99. The third kappa shape index (κ3) is 2.20. The van der Waals surface area contributed by atoms with Crippen molar-refractivity contribution in [2.75, 3.05) is 5.32 Å². The molecule has 1 heterocycles. The fraction of sp³-hybridized carbons (Fsp3) is 0.100.